The van der Waals surface area contributed by atoms with Crippen molar-refractivity contribution in [2.24, 2.45) is 10.5 Å². The third-order valence-corrected chi connectivity index (χ3v) is 8.22. The van der Waals surface area contributed by atoms with Crippen LogP contribution in [-0.4, -0.2) is 47.0 Å². The van der Waals surface area contributed by atoms with Crippen LogP contribution in [0.2, 0.25) is 0 Å². The van der Waals surface area contributed by atoms with Gasteiger partial charge < -0.3 is 24.9 Å². The van der Waals surface area contributed by atoms with Crippen molar-refractivity contribution in [3.05, 3.63) is 77.1 Å². The van der Waals surface area contributed by atoms with E-state index in [1.807, 2.05) is 30.1 Å². The van der Waals surface area contributed by atoms with Gasteiger partial charge in [-0.1, -0.05) is 12.1 Å². The summed E-state index contributed by atoms with van der Waals surface area (Å²) in [7, 11) is 1.70. The first-order chi connectivity index (χ1) is 17.5. The predicted octanol–water partition coefficient (Wildman–Crippen LogP) is 4.44. The van der Waals surface area contributed by atoms with Gasteiger partial charge in [-0.25, -0.2) is 9.37 Å². The Morgan fingerprint density at radius 2 is 2.03 bits per heavy atom. The fraction of sp³-hybridized carbons (Fsp3) is 0.357. The number of nitrogens with one attached hydrogen (secondary N) is 2. The van der Waals surface area contributed by atoms with Crippen molar-refractivity contribution in [2.75, 3.05) is 32.1 Å². The highest BCUT2D eigenvalue weighted by atomic mass is 19.1. The van der Waals surface area contributed by atoms with Crippen molar-refractivity contribution < 1.29 is 9.13 Å². The number of aromatic nitrogens is 2. The van der Waals surface area contributed by atoms with E-state index in [0.29, 0.717) is 6.54 Å². The van der Waals surface area contributed by atoms with Crippen molar-refractivity contribution >= 4 is 17.6 Å². The van der Waals surface area contributed by atoms with Gasteiger partial charge in [0, 0.05) is 30.5 Å². The molecule has 3 aliphatic heterocycles. The van der Waals surface area contributed by atoms with E-state index >= 15 is 0 Å². The Bertz CT molecular complexity index is 1440. The maximum Gasteiger partial charge on any atom is 0.152 e. The zero-order chi connectivity index (χ0) is 24.5. The van der Waals surface area contributed by atoms with E-state index in [2.05, 4.69) is 44.9 Å². The van der Waals surface area contributed by atoms with Gasteiger partial charge in [-0.05, 0) is 73.1 Å². The van der Waals surface area contributed by atoms with Crippen LogP contribution < -0.4 is 15.5 Å². The third kappa shape index (κ3) is 3.23. The number of rotatable bonds is 3. The summed E-state index contributed by atoms with van der Waals surface area (Å²) >= 11 is 0. The van der Waals surface area contributed by atoms with Gasteiger partial charge in [0.15, 0.2) is 5.84 Å². The molecule has 1 aliphatic carbocycles. The van der Waals surface area contributed by atoms with E-state index in [0.717, 1.165) is 59.3 Å². The summed E-state index contributed by atoms with van der Waals surface area (Å²) in [5.41, 5.74) is 9.59. The zero-order valence-electron chi connectivity index (χ0n) is 20.5. The Morgan fingerprint density at radius 3 is 2.81 bits per heavy atom. The normalized spacial score (nSPS) is 24.2. The lowest BCUT2D eigenvalue weighted by atomic mass is 9.81. The van der Waals surface area contributed by atoms with Crippen molar-refractivity contribution in [2.45, 2.75) is 31.7 Å². The van der Waals surface area contributed by atoms with Gasteiger partial charge >= 0.3 is 0 Å². The summed E-state index contributed by atoms with van der Waals surface area (Å²) in [6.07, 6.45) is 9.52. The van der Waals surface area contributed by atoms with Crippen LogP contribution in [-0.2, 0) is 5.54 Å². The first-order valence-corrected chi connectivity index (χ1v) is 12.5. The fourth-order valence-corrected chi connectivity index (χ4v) is 6.13. The van der Waals surface area contributed by atoms with Gasteiger partial charge in [0.1, 0.15) is 17.1 Å². The Labute approximate surface area is 209 Å². The van der Waals surface area contributed by atoms with Crippen LogP contribution in [0.4, 0.5) is 10.1 Å². The van der Waals surface area contributed by atoms with Gasteiger partial charge in [0.05, 0.1) is 31.4 Å². The summed E-state index contributed by atoms with van der Waals surface area (Å²) in [5.74, 6) is 1.58. The van der Waals surface area contributed by atoms with Gasteiger partial charge in [-0.15, -0.1) is 0 Å². The lowest BCUT2D eigenvalue weighted by Gasteiger charge is -2.50. The molecule has 4 aliphatic rings. The molecule has 2 spiro atoms. The number of ether oxygens (including phenoxy) is 1. The number of piperidine rings is 1. The molecule has 0 bridgehead atoms. The first-order valence-electron chi connectivity index (χ1n) is 12.5. The molecule has 0 radical (unpaired) electrons. The Balaban J connectivity index is 1.29. The monoisotopic (exact) mass is 484 g/mol. The molecular weight excluding hydrogens is 455 g/mol. The first kappa shape index (κ1) is 21.5. The lowest BCUT2D eigenvalue weighted by Crippen LogP contribution is -2.62. The van der Waals surface area contributed by atoms with Crippen molar-refractivity contribution in [1.82, 2.24) is 19.9 Å². The molecule has 2 aromatic carbocycles. The molecule has 1 saturated carbocycles. The molecule has 8 heteroatoms. The number of imidazole rings is 1. The summed E-state index contributed by atoms with van der Waals surface area (Å²) in [5, 5.41) is 8.29. The lowest BCUT2D eigenvalue weighted by molar-refractivity contribution is 0.131. The van der Waals surface area contributed by atoms with Crippen LogP contribution in [0.3, 0.4) is 0 Å². The second kappa shape index (κ2) is 7.59. The number of halogens is 1. The molecule has 0 amide bonds. The highest BCUT2D eigenvalue weighted by Crippen LogP contribution is 2.57. The Kier molecular flexibility index (Phi) is 4.53. The van der Waals surface area contributed by atoms with Crippen molar-refractivity contribution in [1.29, 1.82) is 0 Å². The van der Waals surface area contributed by atoms with E-state index in [-0.39, 0.29) is 16.8 Å². The van der Waals surface area contributed by atoms with Crippen LogP contribution in [0.1, 0.15) is 36.1 Å². The molecule has 184 valence electrons. The Hall–Kier alpha value is -3.81. The number of methoxy groups -OCH3 is 1. The molecule has 2 N–H and O–H groups in total. The Morgan fingerprint density at radius 1 is 1.14 bits per heavy atom. The van der Waals surface area contributed by atoms with E-state index in [1.165, 1.54) is 18.4 Å². The molecule has 36 heavy (non-hydrogen) atoms. The van der Waals surface area contributed by atoms with Crippen LogP contribution in [0.25, 0.3) is 11.8 Å². The number of anilines is 1. The van der Waals surface area contributed by atoms with Gasteiger partial charge in [-0.2, -0.15) is 5.10 Å². The number of amidine groups is 1. The minimum atomic E-state index is -0.282. The summed E-state index contributed by atoms with van der Waals surface area (Å²) < 4.78 is 21.7. The summed E-state index contributed by atoms with van der Waals surface area (Å²) in [6, 6.07) is 11.4. The smallest absolute Gasteiger partial charge is 0.152 e. The topological polar surface area (TPSA) is 66.7 Å². The number of fused-ring (bicyclic) bond motifs is 4. The van der Waals surface area contributed by atoms with E-state index in [1.54, 1.807) is 19.2 Å². The minimum absolute atomic E-state index is 0.211. The quantitative estimate of drug-likeness (QED) is 0.576. The standard InChI is InChI=1S/C28H29FN6O/c1-18-13-34(17-31-18)24-6-3-19(10-25(24)36-2)9-20-12-27(7-8-27)16-35-26(20)33-32-15-28(35)14-30-23-11-21(29)4-5-22(23)28/h3-6,9-11,13,17,30,32H,7-8,12,14-16H2,1-2H3/b20-9+. The molecule has 1 saturated heterocycles. The molecule has 1 aromatic heterocycles. The molecule has 7 rings (SSSR count). The van der Waals surface area contributed by atoms with Crippen LogP contribution in [0.15, 0.2) is 59.6 Å². The largest absolute Gasteiger partial charge is 0.495 e. The average molecular weight is 485 g/mol. The number of hydrazone groups is 1. The minimum Gasteiger partial charge on any atom is -0.495 e. The predicted molar refractivity (Wildman–Crippen MR) is 138 cm³/mol. The van der Waals surface area contributed by atoms with Crippen molar-refractivity contribution in [3.63, 3.8) is 0 Å². The van der Waals surface area contributed by atoms with E-state index in [9.17, 15) is 4.39 Å². The van der Waals surface area contributed by atoms with Crippen LogP contribution in [0.5, 0.6) is 5.75 Å². The fourth-order valence-electron chi connectivity index (χ4n) is 6.13. The van der Waals surface area contributed by atoms with Crippen molar-refractivity contribution in [3.8, 4) is 11.4 Å². The van der Waals surface area contributed by atoms with Gasteiger partial charge in [-0.3, -0.25) is 0 Å². The van der Waals surface area contributed by atoms with Crippen LogP contribution >= 0.6 is 0 Å². The maximum atomic E-state index is 14.0. The van der Waals surface area contributed by atoms with E-state index < -0.39 is 0 Å². The number of hydrogen-bond donors (Lipinski definition) is 2. The second-order valence-electron chi connectivity index (χ2n) is 10.6. The number of aryl methyl sites for hydroxylation is 1. The average Bonchev–Trinajstić information content (AvgIpc) is 3.31. The molecule has 7 nitrogen and oxygen atoms in total. The zero-order valence-corrected chi connectivity index (χ0v) is 20.5. The molecular formula is C28H29FN6O. The van der Waals surface area contributed by atoms with Gasteiger partial charge in [0.25, 0.3) is 0 Å². The molecule has 4 heterocycles. The highest BCUT2D eigenvalue weighted by molar-refractivity contribution is 6.04. The number of nitrogens with zero attached hydrogens (tertiary/aromatic N) is 4. The highest BCUT2D eigenvalue weighted by Gasteiger charge is 2.56. The van der Waals surface area contributed by atoms with Gasteiger partial charge in [0.2, 0.25) is 0 Å². The third-order valence-electron chi connectivity index (χ3n) is 8.22. The summed E-state index contributed by atoms with van der Waals surface area (Å²) in [6.45, 7) is 4.38. The second-order valence-corrected chi connectivity index (χ2v) is 10.6. The maximum absolute atomic E-state index is 14.0. The summed E-state index contributed by atoms with van der Waals surface area (Å²) in [4.78, 5) is 6.84. The molecule has 3 aromatic rings. The van der Waals surface area contributed by atoms with Crippen LogP contribution in [0, 0.1) is 18.2 Å². The van der Waals surface area contributed by atoms with E-state index in [4.69, 9.17) is 9.84 Å². The molecule has 2 fully saturated rings. The molecule has 1 unspecified atom stereocenters. The number of benzene rings is 2. The SMILES string of the molecule is COc1cc(/C=C2\CC3(CC3)CN3C2=NNCC32CNc3cc(F)ccc32)ccc1-n1cnc(C)c1. The number of hydrogen-bond acceptors (Lipinski definition) is 6. The molecule has 1 atom stereocenters.